The number of nitrogens with one attached hydrogen (secondary N) is 1. The third-order valence-corrected chi connectivity index (χ3v) is 3.59. The van der Waals surface area contributed by atoms with Gasteiger partial charge < -0.3 is 15.8 Å². The Hall–Kier alpha value is -1.45. The molecule has 0 unspecified atom stereocenters. The van der Waals surface area contributed by atoms with Crippen LogP contribution in [-0.2, 0) is 0 Å². The Morgan fingerprint density at radius 2 is 1.78 bits per heavy atom. The van der Waals surface area contributed by atoms with E-state index >= 15 is 0 Å². The van der Waals surface area contributed by atoms with Gasteiger partial charge in [0.2, 0.25) is 5.88 Å². The number of nitrogen functional groups attached to an aromatic ring is 1. The molecular formula is C14H25N3O. The first-order chi connectivity index (χ1) is 8.60. The summed E-state index contributed by atoms with van der Waals surface area (Å²) in [5, 5.41) is 3.52. The molecule has 0 bridgehead atoms. The van der Waals surface area contributed by atoms with Gasteiger partial charge in [-0.2, -0.15) is 4.98 Å². The van der Waals surface area contributed by atoms with Gasteiger partial charge in [0.15, 0.2) is 0 Å². The predicted molar refractivity (Wildman–Crippen MR) is 77.0 cm³/mol. The zero-order valence-electron chi connectivity index (χ0n) is 11.9. The van der Waals surface area contributed by atoms with Gasteiger partial charge in [0.25, 0.3) is 0 Å². The minimum atomic E-state index is 0.104. The van der Waals surface area contributed by atoms with Gasteiger partial charge in [-0.25, -0.2) is 0 Å². The average Bonchev–Trinajstić information content (AvgIpc) is 2.40. The van der Waals surface area contributed by atoms with Crippen molar-refractivity contribution in [2.24, 2.45) is 0 Å². The number of anilines is 2. The van der Waals surface area contributed by atoms with E-state index in [4.69, 9.17) is 10.5 Å². The molecule has 0 spiro atoms. The highest BCUT2D eigenvalue weighted by molar-refractivity contribution is 5.54. The van der Waals surface area contributed by atoms with E-state index in [2.05, 4.69) is 31.1 Å². The van der Waals surface area contributed by atoms with Crippen LogP contribution >= 0.6 is 0 Å². The summed E-state index contributed by atoms with van der Waals surface area (Å²) in [4.78, 5) is 4.43. The molecule has 1 aromatic rings. The summed E-state index contributed by atoms with van der Waals surface area (Å²) in [5.74, 6) is 1.35. The van der Waals surface area contributed by atoms with Gasteiger partial charge >= 0.3 is 0 Å². The first-order valence-corrected chi connectivity index (χ1v) is 6.78. The molecule has 1 aromatic heterocycles. The van der Waals surface area contributed by atoms with Crippen molar-refractivity contribution >= 4 is 11.5 Å². The topological polar surface area (TPSA) is 60.2 Å². The Bertz CT molecular complexity index is 367. The van der Waals surface area contributed by atoms with Crippen molar-refractivity contribution in [1.29, 1.82) is 0 Å². The van der Waals surface area contributed by atoms with E-state index in [0.29, 0.717) is 18.2 Å². The molecule has 0 amide bonds. The summed E-state index contributed by atoms with van der Waals surface area (Å²) in [5.41, 5.74) is 6.51. The molecule has 0 aliphatic rings. The second kappa shape index (κ2) is 6.47. The van der Waals surface area contributed by atoms with E-state index in [1.165, 1.54) is 0 Å². The van der Waals surface area contributed by atoms with Gasteiger partial charge in [-0.05, 0) is 38.3 Å². The van der Waals surface area contributed by atoms with E-state index < -0.39 is 0 Å². The Kier molecular flexibility index (Phi) is 5.25. The van der Waals surface area contributed by atoms with Crippen molar-refractivity contribution in [3.8, 4) is 5.88 Å². The number of pyridine rings is 1. The van der Waals surface area contributed by atoms with Crippen LogP contribution in [0.2, 0.25) is 0 Å². The molecule has 3 N–H and O–H groups in total. The highest BCUT2D eigenvalue weighted by Crippen LogP contribution is 2.27. The van der Waals surface area contributed by atoms with Gasteiger partial charge in [-0.3, -0.25) is 0 Å². The van der Waals surface area contributed by atoms with Crippen LogP contribution in [0.15, 0.2) is 12.1 Å². The lowest BCUT2D eigenvalue weighted by molar-refractivity contribution is 0.328. The van der Waals surface area contributed by atoms with E-state index in [9.17, 15) is 0 Å². The van der Waals surface area contributed by atoms with Gasteiger partial charge in [0, 0.05) is 5.54 Å². The summed E-state index contributed by atoms with van der Waals surface area (Å²) in [6, 6.07) is 3.75. The number of nitrogens with two attached hydrogens (primary N) is 1. The molecule has 18 heavy (non-hydrogen) atoms. The molecule has 4 heteroatoms. The van der Waals surface area contributed by atoms with Crippen molar-refractivity contribution in [2.45, 2.75) is 52.5 Å². The van der Waals surface area contributed by atoms with Gasteiger partial charge in [0.1, 0.15) is 5.82 Å². The summed E-state index contributed by atoms with van der Waals surface area (Å²) in [6.45, 7) is 9.08. The molecule has 0 saturated heterocycles. The standard InChI is InChI=1S/C14H25N3O/c1-5-14(6-2,7-3)17-12-10-9-11(15)13(16-12)18-8-4/h9-10H,5-8,15H2,1-4H3,(H,16,17). The molecule has 1 rings (SSSR count). The molecule has 0 atom stereocenters. The third kappa shape index (κ3) is 3.28. The fraction of sp³-hybridized carbons (Fsp3) is 0.643. The molecule has 1 heterocycles. The van der Waals surface area contributed by atoms with Gasteiger partial charge in [-0.1, -0.05) is 20.8 Å². The highest BCUT2D eigenvalue weighted by atomic mass is 16.5. The zero-order valence-corrected chi connectivity index (χ0v) is 11.9. The average molecular weight is 251 g/mol. The van der Waals surface area contributed by atoms with Crippen LogP contribution in [-0.4, -0.2) is 17.1 Å². The fourth-order valence-corrected chi connectivity index (χ4v) is 2.06. The van der Waals surface area contributed by atoms with Crippen molar-refractivity contribution in [3.63, 3.8) is 0 Å². The molecule has 0 aromatic carbocycles. The number of nitrogens with zero attached hydrogens (tertiary/aromatic N) is 1. The molecule has 0 aliphatic heterocycles. The van der Waals surface area contributed by atoms with Crippen molar-refractivity contribution in [1.82, 2.24) is 4.98 Å². The molecule has 0 radical (unpaired) electrons. The van der Waals surface area contributed by atoms with Gasteiger partial charge in [-0.15, -0.1) is 0 Å². The summed E-state index contributed by atoms with van der Waals surface area (Å²) in [6.07, 6.45) is 3.20. The molecule has 0 aliphatic carbocycles. The SMILES string of the molecule is CCOc1nc(NC(CC)(CC)CC)ccc1N. The van der Waals surface area contributed by atoms with Crippen molar-refractivity contribution in [3.05, 3.63) is 12.1 Å². The maximum Gasteiger partial charge on any atom is 0.239 e. The van der Waals surface area contributed by atoms with Crippen molar-refractivity contribution < 1.29 is 4.74 Å². The smallest absolute Gasteiger partial charge is 0.239 e. The largest absolute Gasteiger partial charge is 0.476 e. The Labute approximate surface area is 110 Å². The second-order valence-electron chi connectivity index (χ2n) is 4.49. The Morgan fingerprint density at radius 1 is 1.17 bits per heavy atom. The zero-order chi connectivity index (χ0) is 13.6. The lowest BCUT2D eigenvalue weighted by Gasteiger charge is -2.32. The van der Waals surface area contributed by atoms with Crippen LogP contribution in [0.25, 0.3) is 0 Å². The molecule has 0 fully saturated rings. The summed E-state index contributed by atoms with van der Waals surface area (Å²) in [7, 11) is 0. The Balaban J connectivity index is 2.93. The van der Waals surface area contributed by atoms with Crippen molar-refractivity contribution in [2.75, 3.05) is 17.7 Å². The minimum Gasteiger partial charge on any atom is -0.476 e. The maximum atomic E-state index is 5.82. The molecule has 102 valence electrons. The molecular weight excluding hydrogens is 226 g/mol. The fourth-order valence-electron chi connectivity index (χ4n) is 2.06. The first-order valence-electron chi connectivity index (χ1n) is 6.78. The predicted octanol–water partition coefficient (Wildman–Crippen LogP) is 3.44. The van der Waals surface area contributed by atoms with E-state index in [-0.39, 0.29) is 5.54 Å². The molecule has 0 saturated carbocycles. The maximum absolute atomic E-state index is 5.82. The summed E-state index contributed by atoms with van der Waals surface area (Å²) < 4.78 is 5.42. The normalized spacial score (nSPS) is 11.3. The van der Waals surface area contributed by atoms with Gasteiger partial charge in [0.05, 0.1) is 12.3 Å². The number of ether oxygens (including phenoxy) is 1. The second-order valence-corrected chi connectivity index (χ2v) is 4.49. The van der Waals surface area contributed by atoms with Crippen LogP contribution in [0.5, 0.6) is 5.88 Å². The quantitative estimate of drug-likeness (QED) is 0.779. The van der Waals surface area contributed by atoms with E-state index in [0.717, 1.165) is 25.1 Å². The van der Waals surface area contributed by atoms with E-state index in [1.807, 2.05) is 19.1 Å². The number of hydrogen-bond acceptors (Lipinski definition) is 4. The van der Waals surface area contributed by atoms with Crippen LogP contribution in [0.1, 0.15) is 47.0 Å². The Morgan fingerprint density at radius 3 is 2.28 bits per heavy atom. The summed E-state index contributed by atoms with van der Waals surface area (Å²) >= 11 is 0. The lowest BCUT2D eigenvalue weighted by atomic mass is 9.90. The lowest BCUT2D eigenvalue weighted by Crippen LogP contribution is -2.36. The number of rotatable bonds is 7. The molecule has 4 nitrogen and oxygen atoms in total. The number of hydrogen-bond donors (Lipinski definition) is 2. The van der Waals surface area contributed by atoms with E-state index in [1.54, 1.807) is 0 Å². The first kappa shape index (κ1) is 14.6. The van der Waals surface area contributed by atoms with Crippen LogP contribution in [0, 0.1) is 0 Å². The van der Waals surface area contributed by atoms with Crippen LogP contribution in [0.3, 0.4) is 0 Å². The monoisotopic (exact) mass is 251 g/mol. The number of aromatic nitrogens is 1. The highest BCUT2D eigenvalue weighted by Gasteiger charge is 2.24. The minimum absolute atomic E-state index is 0.104. The van der Waals surface area contributed by atoms with Crippen LogP contribution < -0.4 is 15.8 Å². The third-order valence-electron chi connectivity index (χ3n) is 3.59. The van der Waals surface area contributed by atoms with Crippen LogP contribution in [0.4, 0.5) is 11.5 Å².